The van der Waals surface area contributed by atoms with Crippen molar-refractivity contribution < 1.29 is 14.3 Å². The van der Waals surface area contributed by atoms with Gasteiger partial charge >= 0.3 is 6.09 Å². The Bertz CT molecular complexity index is 897. The average molecular weight is 444 g/mol. The van der Waals surface area contributed by atoms with Gasteiger partial charge in [0.1, 0.15) is 17.7 Å². The van der Waals surface area contributed by atoms with Crippen LogP contribution in [0.4, 0.5) is 10.5 Å². The molecule has 3 heterocycles. The smallest absolute Gasteiger partial charge is 0.408 e. The summed E-state index contributed by atoms with van der Waals surface area (Å²) in [6.45, 7) is 7.40. The third kappa shape index (κ3) is 8.26. The summed E-state index contributed by atoms with van der Waals surface area (Å²) < 4.78 is 5.08. The molecule has 0 aliphatic carbocycles. The first-order valence-electron chi connectivity index (χ1n) is 10.1. The van der Waals surface area contributed by atoms with Gasteiger partial charge in [0.15, 0.2) is 0 Å². The van der Waals surface area contributed by atoms with Gasteiger partial charge in [-0.25, -0.2) is 4.79 Å². The van der Waals surface area contributed by atoms with Crippen LogP contribution in [0.3, 0.4) is 0 Å². The van der Waals surface area contributed by atoms with Gasteiger partial charge in [-0.2, -0.15) is 5.26 Å². The molecule has 9 heteroatoms. The van der Waals surface area contributed by atoms with Crippen molar-refractivity contribution >= 4 is 29.0 Å². The van der Waals surface area contributed by atoms with Crippen molar-refractivity contribution in [3.63, 3.8) is 0 Å². The average Bonchev–Trinajstić information content (AvgIpc) is 3.40. The fourth-order valence-corrected chi connectivity index (χ4v) is 3.76. The maximum atomic E-state index is 11.6. The summed E-state index contributed by atoms with van der Waals surface area (Å²) in [5.74, 6) is -0.575. The molecule has 0 radical (unpaired) electrons. The van der Waals surface area contributed by atoms with E-state index in [0.29, 0.717) is 12.0 Å². The molecule has 1 fully saturated rings. The number of rotatable bonds is 5. The minimum Gasteiger partial charge on any atom is -0.444 e. The molecule has 2 amide bonds. The lowest BCUT2D eigenvalue weighted by Crippen LogP contribution is -2.47. The predicted octanol–water partition coefficient (Wildman–Crippen LogP) is 3.22. The number of ether oxygens (including phenoxy) is 1. The van der Waals surface area contributed by atoms with Crippen LogP contribution < -0.4 is 16.0 Å². The van der Waals surface area contributed by atoms with E-state index in [0.717, 1.165) is 23.7 Å². The monoisotopic (exact) mass is 443 g/mol. The topological polar surface area (TPSA) is 121 Å². The number of anilines is 1. The number of nitrogens with one attached hydrogen (secondary N) is 1. The molecule has 1 aliphatic heterocycles. The molecule has 1 aliphatic rings. The zero-order chi connectivity index (χ0) is 22.9. The lowest BCUT2D eigenvalue weighted by atomic mass is 10.1. The fraction of sp³-hybridized carbons (Fsp3) is 0.455. The number of hydrogen-bond donors (Lipinski definition) is 2. The maximum absolute atomic E-state index is 11.6. The highest BCUT2D eigenvalue weighted by Crippen LogP contribution is 2.22. The van der Waals surface area contributed by atoms with Gasteiger partial charge < -0.3 is 20.7 Å². The molecule has 0 spiro atoms. The molecular formula is C22H29N5O3S. The van der Waals surface area contributed by atoms with Crippen LogP contribution in [0.1, 0.15) is 44.1 Å². The van der Waals surface area contributed by atoms with Crippen LogP contribution in [0, 0.1) is 11.3 Å². The second-order valence-corrected chi connectivity index (χ2v) is 9.12. The van der Waals surface area contributed by atoms with Crippen molar-refractivity contribution in [3.05, 3.63) is 46.4 Å². The largest absolute Gasteiger partial charge is 0.444 e. The number of nitriles is 1. The highest BCUT2D eigenvalue weighted by Gasteiger charge is 2.23. The number of carbonyl (C=O) groups excluding carboxylic acids is 2. The molecule has 3 N–H and O–H groups in total. The number of pyridine rings is 1. The van der Waals surface area contributed by atoms with E-state index in [1.165, 1.54) is 24.2 Å². The Balaban J connectivity index is 0.000000231. The lowest BCUT2D eigenvalue weighted by molar-refractivity contribution is -0.120. The minimum absolute atomic E-state index is 0.381. The molecule has 0 unspecified atom stereocenters. The van der Waals surface area contributed by atoms with Crippen LogP contribution in [-0.2, 0) is 16.0 Å². The Labute approximate surface area is 187 Å². The summed E-state index contributed by atoms with van der Waals surface area (Å²) in [5.41, 5.74) is 6.38. The molecule has 2 aromatic heterocycles. The number of primary amides is 1. The van der Waals surface area contributed by atoms with Crippen LogP contribution in [0.5, 0.6) is 0 Å². The number of thiophene rings is 1. The molecule has 0 bridgehead atoms. The summed E-state index contributed by atoms with van der Waals surface area (Å²) in [6, 6.07) is 7.10. The zero-order valence-corrected chi connectivity index (χ0v) is 18.9. The Morgan fingerprint density at radius 1 is 1.35 bits per heavy atom. The highest BCUT2D eigenvalue weighted by atomic mass is 32.1. The summed E-state index contributed by atoms with van der Waals surface area (Å²) in [5, 5.41) is 13.2. The highest BCUT2D eigenvalue weighted by molar-refractivity contribution is 7.09. The van der Waals surface area contributed by atoms with Gasteiger partial charge in [0.05, 0.1) is 11.3 Å². The second kappa shape index (κ2) is 11.3. The van der Waals surface area contributed by atoms with Crippen molar-refractivity contribution in [2.75, 3.05) is 18.0 Å². The van der Waals surface area contributed by atoms with Crippen LogP contribution in [0.2, 0.25) is 0 Å². The zero-order valence-electron chi connectivity index (χ0n) is 18.1. The van der Waals surface area contributed by atoms with Gasteiger partial charge in [-0.3, -0.25) is 9.78 Å². The first-order valence-corrected chi connectivity index (χ1v) is 11.0. The summed E-state index contributed by atoms with van der Waals surface area (Å²) >= 11 is 1.51. The van der Waals surface area contributed by atoms with Gasteiger partial charge in [0.2, 0.25) is 5.91 Å². The third-order valence-corrected chi connectivity index (χ3v) is 5.28. The number of nitrogens with two attached hydrogens (primary N) is 1. The van der Waals surface area contributed by atoms with Crippen molar-refractivity contribution in [1.82, 2.24) is 10.3 Å². The van der Waals surface area contributed by atoms with E-state index in [1.807, 2.05) is 23.6 Å². The summed E-state index contributed by atoms with van der Waals surface area (Å²) in [6.07, 6.45) is 5.58. The van der Waals surface area contributed by atoms with Crippen LogP contribution in [0.15, 0.2) is 36.0 Å². The summed E-state index contributed by atoms with van der Waals surface area (Å²) in [7, 11) is 0. The first kappa shape index (κ1) is 24.2. The van der Waals surface area contributed by atoms with Crippen LogP contribution in [-0.4, -0.2) is 41.7 Å². The third-order valence-electron chi connectivity index (χ3n) is 4.39. The minimum atomic E-state index is -0.751. The molecule has 2 aromatic rings. The van der Waals surface area contributed by atoms with Gasteiger partial charge in [-0.05, 0) is 51.1 Å². The Kier molecular flexibility index (Phi) is 8.82. The Hall–Kier alpha value is -3.12. The number of alkyl carbamates (subject to hydrolysis) is 1. The SMILES string of the molecule is CC(C)(C)OC(=O)N[C@@H](Cc1cccs1)C(N)=O.N#Cc1cnccc1N1CCCC1. The molecule has 166 valence electrons. The predicted molar refractivity (Wildman–Crippen MR) is 121 cm³/mol. The van der Waals surface area contributed by atoms with Crippen molar-refractivity contribution in [3.8, 4) is 6.07 Å². The molecule has 8 nitrogen and oxygen atoms in total. The fourth-order valence-electron chi connectivity index (χ4n) is 3.01. The molecule has 1 atom stereocenters. The van der Waals surface area contributed by atoms with Crippen molar-refractivity contribution in [2.24, 2.45) is 5.73 Å². The van der Waals surface area contributed by atoms with Gasteiger partial charge in [0, 0.05) is 36.8 Å². The number of carbonyl (C=O) groups is 2. The molecule has 3 rings (SSSR count). The number of hydrogen-bond acceptors (Lipinski definition) is 7. The van der Waals surface area contributed by atoms with E-state index in [4.69, 9.17) is 15.7 Å². The van der Waals surface area contributed by atoms with E-state index in [9.17, 15) is 9.59 Å². The van der Waals surface area contributed by atoms with E-state index >= 15 is 0 Å². The number of nitrogens with zero attached hydrogens (tertiary/aromatic N) is 3. The van der Waals surface area contributed by atoms with Crippen LogP contribution in [0.25, 0.3) is 0 Å². The molecule has 0 saturated carbocycles. The van der Waals surface area contributed by atoms with Gasteiger partial charge in [0.25, 0.3) is 0 Å². The lowest BCUT2D eigenvalue weighted by Gasteiger charge is -2.22. The van der Waals surface area contributed by atoms with Crippen molar-refractivity contribution in [2.45, 2.75) is 51.7 Å². The Morgan fingerprint density at radius 2 is 2.06 bits per heavy atom. The van der Waals surface area contributed by atoms with Crippen LogP contribution >= 0.6 is 11.3 Å². The molecule has 1 saturated heterocycles. The quantitative estimate of drug-likeness (QED) is 0.732. The van der Waals surface area contributed by atoms with Crippen molar-refractivity contribution in [1.29, 1.82) is 5.26 Å². The van der Waals surface area contributed by atoms with E-state index < -0.39 is 23.6 Å². The molecular weight excluding hydrogens is 414 g/mol. The van der Waals surface area contributed by atoms with E-state index in [-0.39, 0.29) is 0 Å². The van der Waals surface area contributed by atoms with Gasteiger partial charge in [-0.1, -0.05) is 6.07 Å². The maximum Gasteiger partial charge on any atom is 0.408 e. The second-order valence-electron chi connectivity index (χ2n) is 8.08. The number of amides is 2. The first-order chi connectivity index (χ1) is 14.7. The number of aromatic nitrogens is 1. The standard InChI is InChI=1S/C12H18N2O3S.C10H11N3/c1-12(2,3)17-11(16)14-9(10(13)15)7-8-5-4-6-18-8;11-7-9-8-12-4-3-10(9)13-5-1-2-6-13/h4-6,9H,7H2,1-3H3,(H2,13,15)(H,14,16);3-4,8H,1-2,5-6H2/t9-;/m0./s1. The molecule has 0 aromatic carbocycles. The normalized spacial score (nSPS) is 14.1. The molecule has 31 heavy (non-hydrogen) atoms. The van der Waals surface area contributed by atoms with E-state index in [2.05, 4.69) is 21.3 Å². The van der Waals surface area contributed by atoms with E-state index in [1.54, 1.807) is 33.2 Å². The summed E-state index contributed by atoms with van der Waals surface area (Å²) in [4.78, 5) is 30.0. The van der Waals surface area contributed by atoms with Gasteiger partial charge in [-0.15, -0.1) is 11.3 Å². The Morgan fingerprint density at radius 3 is 2.61 bits per heavy atom.